The van der Waals surface area contributed by atoms with E-state index in [4.69, 9.17) is 9.47 Å². The van der Waals surface area contributed by atoms with Crippen molar-refractivity contribution in [3.63, 3.8) is 0 Å². The number of hydrogen-bond acceptors (Lipinski definition) is 8. The predicted molar refractivity (Wildman–Crippen MR) is 93.4 cm³/mol. The van der Waals surface area contributed by atoms with Crippen LogP contribution in [0.15, 0.2) is 11.2 Å². The summed E-state index contributed by atoms with van der Waals surface area (Å²) in [5.74, 6) is -1.61. The average Bonchev–Trinajstić information content (AvgIpc) is 3.00. The normalized spacial score (nSPS) is 10.9. The largest absolute Gasteiger partial charge is 0.465 e. The highest BCUT2D eigenvalue weighted by molar-refractivity contribution is 7.90. The molecule has 0 aromatic carbocycles. The first-order valence-corrected chi connectivity index (χ1v) is 9.94. The zero-order chi connectivity index (χ0) is 20.4. The van der Waals surface area contributed by atoms with Crippen LogP contribution in [0.5, 0.6) is 0 Å². The first-order chi connectivity index (χ1) is 12.7. The third kappa shape index (κ3) is 6.89. The first-order valence-electron chi connectivity index (χ1n) is 8.45. The van der Waals surface area contributed by atoms with Crippen molar-refractivity contribution in [3.05, 3.63) is 11.8 Å². The molecule has 1 aromatic rings. The van der Waals surface area contributed by atoms with E-state index in [1.807, 2.05) is 6.92 Å². The summed E-state index contributed by atoms with van der Waals surface area (Å²) < 4.78 is 37.2. The number of aromatic nitrogens is 2. The Labute approximate surface area is 157 Å². The summed E-state index contributed by atoms with van der Waals surface area (Å²) in [6, 6.07) is -0.946. The van der Waals surface area contributed by atoms with E-state index in [1.54, 1.807) is 18.6 Å². The van der Waals surface area contributed by atoms with Crippen molar-refractivity contribution in [1.82, 2.24) is 19.8 Å². The maximum absolute atomic E-state index is 12.5. The summed E-state index contributed by atoms with van der Waals surface area (Å²) in [6.07, 6.45) is 2.55. The van der Waals surface area contributed by atoms with Gasteiger partial charge < -0.3 is 14.8 Å². The van der Waals surface area contributed by atoms with Crippen molar-refractivity contribution in [2.24, 2.45) is 0 Å². The van der Waals surface area contributed by atoms with Crippen molar-refractivity contribution in [2.75, 3.05) is 19.8 Å². The number of rotatable bonds is 10. The van der Waals surface area contributed by atoms with Crippen molar-refractivity contribution in [1.29, 1.82) is 0 Å². The predicted octanol–water partition coefficient (Wildman–Crippen LogP) is 0.411. The zero-order valence-electron chi connectivity index (χ0n) is 15.5. The van der Waals surface area contributed by atoms with Gasteiger partial charge in [0.25, 0.3) is 10.0 Å². The second kappa shape index (κ2) is 10.5. The molecule has 2 N–H and O–H groups in total. The third-order valence-corrected chi connectivity index (χ3v) is 4.38. The fourth-order valence-electron chi connectivity index (χ4n) is 1.96. The van der Waals surface area contributed by atoms with Gasteiger partial charge in [-0.1, -0.05) is 13.3 Å². The molecule has 1 rings (SSSR count). The van der Waals surface area contributed by atoms with E-state index in [-0.39, 0.29) is 13.2 Å². The lowest BCUT2D eigenvalue weighted by Crippen LogP contribution is -2.40. The van der Waals surface area contributed by atoms with Crippen LogP contribution in [0.3, 0.4) is 0 Å². The molecule has 2 amide bonds. The molecule has 1 heterocycles. The molecule has 0 unspecified atom stereocenters. The number of sulfonamides is 1. The molecular formula is C15H24N4O7S. The maximum atomic E-state index is 12.5. The number of unbranched alkanes of at least 4 members (excludes halogenated alkanes) is 1. The van der Waals surface area contributed by atoms with Gasteiger partial charge >= 0.3 is 18.0 Å². The summed E-state index contributed by atoms with van der Waals surface area (Å²) in [5.41, 5.74) is -0.394. The summed E-state index contributed by atoms with van der Waals surface area (Å²) in [6.45, 7) is 5.11. The minimum Gasteiger partial charge on any atom is -0.465 e. The lowest BCUT2D eigenvalue weighted by molar-refractivity contribution is -0.144. The standard InChI is InChI=1S/C15H24N4O7S/c1-4-7-8-16-15(22)18-27(23,24)13-11(14(21)26-6-3)9-19(17-13)10-12(20)25-5-2/h9H,4-8,10H2,1-3H3,(H2,16,18,22). The van der Waals surface area contributed by atoms with Crippen LogP contribution in [-0.4, -0.2) is 55.9 Å². The molecule has 0 bridgehead atoms. The molecule has 0 aliphatic carbocycles. The molecule has 0 aliphatic rings. The highest BCUT2D eigenvalue weighted by atomic mass is 32.2. The van der Waals surface area contributed by atoms with Gasteiger partial charge in [0.1, 0.15) is 12.1 Å². The molecule has 0 spiro atoms. The van der Waals surface area contributed by atoms with Gasteiger partial charge in [0.2, 0.25) is 5.03 Å². The van der Waals surface area contributed by atoms with E-state index in [2.05, 4.69) is 10.4 Å². The number of nitrogens with zero attached hydrogens (tertiary/aromatic N) is 2. The van der Waals surface area contributed by atoms with Gasteiger partial charge in [-0.3, -0.25) is 9.48 Å². The number of hydrogen-bond donors (Lipinski definition) is 2. The molecule has 0 aliphatic heterocycles. The van der Waals surface area contributed by atoms with Crippen LogP contribution in [0, 0.1) is 0 Å². The van der Waals surface area contributed by atoms with Crippen LogP contribution in [0.1, 0.15) is 44.0 Å². The van der Waals surface area contributed by atoms with Crippen molar-refractivity contribution in [2.45, 2.75) is 45.2 Å². The molecule has 11 nitrogen and oxygen atoms in total. The molecule has 0 fully saturated rings. The molecule has 0 atom stereocenters. The topological polar surface area (TPSA) is 146 Å². The van der Waals surface area contributed by atoms with Gasteiger partial charge in [-0.15, -0.1) is 0 Å². The third-order valence-electron chi connectivity index (χ3n) is 3.12. The second-order valence-corrected chi connectivity index (χ2v) is 6.88. The number of esters is 2. The lowest BCUT2D eigenvalue weighted by atomic mass is 10.3. The fourth-order valence-corrected chi connectivity index (χ4v) is 3.01. The molecule has 0 saturated carbocycles. The van der Waals surface area contributed by atoms with Gasteiger partial charge in [0.05, 0.1) is 13.2 Å². The van der Waals surface area contributed by atoms with Crippen LogP contribution >= 0.6 is 0 Å². The Morgan fingerprint density at radius 1 is 1.15 bits per heavy atom. The highest BCUT2D eigenvalue weighted by Crippen LogP contribution is 2.15. The number of urea groups is 1. The van der Waals surface area contributed by atoms with E-state index in [0.717, 1.165) is 17.3 Å². The Balaban J connectivity index is 3.10. The number of ether oxygens (including phenoxy) is 2. The van der Waals surface area contributed by atoms with Gasteiger partial charge in [-0.2, -0.15) is 13.5 Å². The van der Waals surface area contributed by atoms with E-state index in [9.17, 15) is 22.8 Å². The van der Waals surface area contributed by atoms with E-state index in [0.29, 0.717) is 13.0 Å². The van der Waals surface area contributed by atoms with Crippen molar-refractivity contribution < 1.29 is 32.3 Å². The van der Waals surface area contributed by atoms with Crippen LogP contribution in [-0.2, 0) is 30.8 Å². The summed E-state index contributed by atoms with van der Waals surface area (Å²) in [5, 5.41) is 5.41. The second-order valence-electron chi connectivity index (χ2n) is 5.29. The first kappa shape index (κ1) is 22.4. The minimum absolute atomic E-state index is 0.00626. The van der Waals surface area contributed by atoms with Crippen molar-refractivity contribution >= 4 is 28.0 Å². The molecule has 27 heavy (non-hydrogen) atoms. The van der Waals surface area contributed by atoms with Crippen LogP contribution in [0.25, 0.3) is 0 Å². The number of carbonyl (C=O) groups is 3. The van der Waals surface area contributed by atoms with Crippen LogP contribution in [0.4, 0.5) is 4.79 Å². The van der Waals surface area contributed by atoms with E-state index in [1.165, 1.54) is 0 Å². The lowest BCUT2D eigenvalue weighted by Gasteiger charge is -2.07. The minimum atomic E-state index is -4.46. The monoisotopic (exact) mass is 404 g/mol. The molecular weight excluding hydrogens is 380 g/mol. The van der Waals surface area contributed by atoms with Crippen molar-refractivity contribution in [3.8, 4) is 0 Å². The Morgan fingerprint density at radius 2 is 1.81 bits per heavy atom. The van der Waals surface area contributed by atoms with Crippen LogP contribution in [0.2, 0.25) is 0 Å². The summed E-state index contributed by atoms with van der Waals surface area (Å²) in [4.78, 5) is 35.4. The molecule has 0 saturated heterocycles. The van der Waals surface area contributed by atoms with E-state index < -0.39 is 45.1 Å². The van der Waals surface area contributed by atoms with E-state index >= 15 is 0 Å². The molecule has 1 aromatic heterocycles. The number of carbonyl (C=O) groups excluding carboxylic acids is 3. The number of amides is 2. The Bertz CT molecular complexity index is 773. The fraction of sp³-hybridized carbons (Fsp3) is 0.600. The zero-order valence-corrected chi connectivity index (χ0v) is 16.3. The molecule has 0 radical (unpaired) electrons. The SMILES string of the molecule is CCCCNC(=O)NS(=O)(=O)c1nn(CC(=O)OCC)cc1C(=O)OCC. The summed E-state index contributed by atoms with van der Waals surface area (Å²) >= 11 is 0. The van der Waals surface area contributed by atoms with Gasteiger partial charge in [0.15, 0.2) is 0 Å². The smallest absolute Gasteiger partial charge is 0.342 e. The quantitative estimate of drug-likeness (QED) is 0.421. The Morgan fingerprint density at radius 3 is 2.41 bits per heavy atom. The van der Waals surface area contributed by atoms with Gasteiger partial charge in [0, 0.05) is 12.7 Å². The Kier molecular flexibility index (Phi) is 8.72. The van der Waals surface area contributed by atoms with Gasteiger partial charge in [-0.25, -0.2) is 14.3 Å². The number of nitrogens with one attached hydrogen (secondary N) is 2. The average molecular weight is 404 g/mol. The molecule has 152 valence electrons. The van der Waals surface area contributed by atoms with Crippen LogP contribution < -0.4 is 10.0 Å². The maximum Gasteiger partial charge on any atom is 0.342 e. The summed E-state index contributed by atoms with van der Waals surface area (Å²) in [7, 11) is -4.46. The van der Waals surface area contributed by atoms with Gasteiger partial charge in [-0.05, 0) is 20.3 Å². The molecule has 12 heteroatoms. The highest BCUT2D eigenvalue weighted by Gasteiger charge is 2.30. The Hall–Kier alpha value is -2.63.